The van der Waals surface area contributed by atoms with Crippen molar-refractivity contribution in [3.05, 3.63) is 89.5 Å². The summed E-state index contributed by atoms with van der Waals surface area (Å²) >= 11 is 0. The Bertz CT molecular complexity index is 1340. The topological polar surface area (TPSA) is 95.6 Å². The van der Waals surface area contributed by atoms with Crippen LogP contribution in [-0.4, -0.2) is 32.5 Å². The summed E-state index contributed by atoms with van der Waals surface area (Å²) in [4.78, 5) is 25.7. The van der Waals surface area contributed by atoms with Gasteiger partial charge in [0, 0.05) is 16.9 Å². The molecule has 36 heavy (non-hydrogen) atoms. The van der Waals surface area contributed by atoms with E-state index < -0.39 is 22.0 Å². The highest BCUT2D eigenvalue weighted by molar-refractivity contribution is 7.92. The second-order valence-electron chi connectivity index (χ2n) is 9.92. The molecule has 0 radical (unpaired) electrons. The van der Waals surface area contributed by atoms with Crippen molar-refractivity contribution in [3.63, 3.8) is 0 Å². The van der Waals surface area contributed by atoms with Gasteiger partial charge in [0.1, 0.15) is 6.04 Å². The summed E-state index contributed by atoms with van der Waals surface area (Å²) in [6, 6.07) is 20.1. The maximum absolute atomic E-state index is 13.0. The molecule has 7 nitrogen and oxygen atoms in total. The first-order valence-corrected chi connectivity index (χ1v) is 13.5. The zero-order chi connectivity index (χ0) is 26.7. The van der Waals surface area contributed by atoms with Crippen molar-refractivity contribution in [3.8, 4) is 0 Å². The molecule has 3 aromatic rings. The Labute approximate surface area is 213 Å². The highest BCUT2D eigenvalue weighted by Crippen LogP contribution is 2.24. The summed E-state index contributed by atoms with van der Waals surface area (Å²) in [5.41, 5.74) is 3.97. The Balaban J connectivity index is 1.73. The largest absolute Gasteiger partial charge is 0.324 e. The van der Waals surface area contributed by atoms with Gasteiger partial charge in [-0.2, -0.15) is 0 Å². The fraction of sp³-hybridized carbons (Fsp3) is 0.286. The molecule has 2 N–H and O–H groups in total. The van der Waals surface area contributed by atoms with Crippen LogP contribution in [0.1, 0.15) is 49.2 Å². The molecule has 0 aliphatic carbocycles. The van der Waals surface area contributed by atoms with Crippen molar-refractivity contribution in [1.29, 1.82) is 0 Å². The zero-order valence-corrected chi connectivity index (χ0v) is 22.3. The number of carbonyl (C=O) groups is 2. The van der Waals surface area contributed by atoms with Gasteiger partial charge in [-0.1, -0.05) is 56.7 Å². The lowest BCUT2D eigenvalue weighted by Gasteiger charge is -2.28. The highest BCUT2D eigenvalue weighted by Gasteiger charge is 2.29. The molecule has 0 aliphatic rings. The number of anilines is 3. The molecule has 0 aromatic heterocycles. The second-order valence-corrected chi connectivity index (χ2v) is 11.8. The lowest BCUT2D eigenvalue weighted by atomic mass is 9.87. The molecule has 190 valence electrons. The van der Waals surface area contributed by atoms with E-state index in [1.54, 1.807) is 60.7 Å². The van der Waals surface area contributed by atoms with Crippen molar-refractivity contribution in [2.45, 2.75) is 46.1 Å². The SMILES string of the molecule is Cc1ccc(N(C(C)C(=O)Nc2cccc(NC(=O)c3ccc(C(C)(C)C)cc3)c2)S(C)(=O)=O)cc1. The van der Waals surface area contributed by atoms with Gasteiger partial charge in [-0.15, -0.1) is 0 Å². The molecular weight excluding hydrogens is 474 g/mol. The van der Waals surface area contributed by atoms with Crippen molar-refractivity contribution in [1.82, 2.24) is 0 Å². The van der Waals surface area contributed by atoms with Gasteiger partial charge in [-0.25, -0.2) is 8.42 Å². The molecule has 1 unspecified atom stereocenters. The lowest BCUT2D eigenvalue weighted by Crippen LogP contribution is -2.45. The first-order chi connectivity index (χ1) is 16.8. The van der Waals surface area contributed by atoms with Crippen LogP contribution < -0.4 is 14.9 Å². The minimum absolute atomic E-state index is 0.00910. The summed E-state index contributed by atoms with van der Waals surface area (Å²) in [6.45, 7) is 9.76. The van der Waals surface area contributed by atoms with Crippen LogP contribution in [0.4, 0.5) is 17.1 Å². The van der Waals surface area contributed by atoms with E-state index in [1.165, 1.54) is 6.92 Å². The van der Waals surface area contributed by atoms with E-state index in [2.05, 4.69) is 31.4 Å². The predicted octanol–water partition coefficient (Wildman–Crippen LogP) is 5.34. The van der Waals surface area contributed by atoms with Gasteiger partial charge in [0.25, 0.3) is 5.91 Å². The van der Waals surface area contributed by atoms with Crippen LogP contribution in [0.3, 0.4) is 0 Å². The van der Waals surface area contributed by atoms with Crippen LogP contribution in [-0.2, 0) is 20.2 Å². The van der Waals surface area contributed by atoms with Crippen molar-refractivity contribution < 1.29 is 18.0 Å². The smallest absolute Gasteiger partial charge is 0.255 e. The molecule has 0 fully saturated rings. The number of hydrogen-bond acceptors (Lipinski definition) is 4. The van der Waals surface area contributed by atoms with E-state index in [-0.39, 0.29) is 11.3 Å². The Morgan fingerprint density at radius 2 is 1.42 bits per heavy atom. The van der Waals surface area contributed by atoms with Gasteiger partial charge in [-0.05, 0) is 67.3 Å². The van der Waals surface area contributed by atoms with Crippen LogP contribution in [0.2, 0.25) is 0 Å². The highest BCUT2D eigenvalue weighted by atomic mass is 32.2. The Hall–Kier alpha value is -3.65. The monoisotopic (exact) mass is 507 g/mol. The molecule has 1 atom stereocenters. The molecular formula is C28H33N3O4S. The van der Waals surface area contributed by atoms with E-state index in [1.807, 2.05) is 19.1 Å². The van der Waals surface area contributed by atoms with Crippen LogP contribution in [0.5, 0.6) is 0 Å². The number of aryl methyl sites for hydroxylation is 1. The molecule has 3 aromatic carbocycles. The van der Waals surface area contributed by atoms with Gasteiger partial charge < -0.3 is 10.6 Å². The number of nitrogens with zero attached hydrogens (tertiary/aromatic N) is 1. The third kappa shape index (κ3) is 6.73. The maximum atomic E-state index is 13.0. The van der Waals surface area contributed by atoms with E-state index in [0.717, 1.165) is 21.7 Å². The normalized spacial score (nSPS) is 12.5. The number of amides is 2. The Kier molecular flexibility index (Phi) is 7.89. The zero-order valence-electron chi connectivity index (χ0n) is 21.5. The lowest BCUT2D eigenvalue weighted by molar-refractivity contribution is -0.116. The molecule has 0 saturated heterocycles. The fourth-order valence-electron chi connectivity index (χ4n) is 3.75. The first-order valence-electron chi connectivity index (χ1n) is 11.6. The van der Waals surface area contributed by atoms with Crippen LogP contribution in [0.15, 0.2) is 72.8 Å². The van der Waals surface area contributed by atoms with Crippen molar-refractivity contribution in [2.24, 2.45) is 0 Å². The Morgan fingerprint density at radius 1 is 0.861 bits per heavy atom. The van der Waals surface area contributed by atoms with Crippen molar-refractivity contribution in [2.75, 3.05) is 21.2 Å². The number of rotatable bonds is 7. The number of nitrogens with one attached hydrogen (secondary N) is 2. The van der Waals surface area contributed by atoms with Gasteiger partial charge in [-0.3, -0.25) is 13.9 Å². The van der Waals surface area contributed by atoms with Crippen LogP contribution in [0, 0.1) is 6.92 Å². The average molecular weight is 508 g/mol. The minimum Gasteiger partial charge on any atom is -0.324 e. The van der Waals surface area contributed by atoms with Crippen LogP contribution >= 0.6 is 0 Å². The number of sulfonamides is 1. The van der Waals surface area contributed by atoms with E-state index in [4.69, 9.17) is 0 Å². The molecule has 0 bridgehead atoms. The minimum atomic E-state index is -3.72. The Morgan fingerprint density at radius 3 is 1.94 bits per heavy atom. The quantitative estimate of drug-likeness (QED) is 0.451. The summed E-state index contributed by atoms with van der Waals surface area (Å²) in [6.07, 6.45) is 1.07. The third-order valence-electron chi connectivity index (χ3n) is 5.78. The summed E-state index contributed by atoms with van der Waals surface area (Å²) in [5.74, 6) is -0.767. The van der Waals surface area contributed by atoms with Crippen molar-refractivity contribution >= 4 is 38.9 Å². The van der Waals surface area contributed by atoms with Gasteiger partial charge in [0.15, 0.2) is 0 Å². The average Bonchev–Trinajstić information content (AvgIpc) is 2.79. The molecule has 2 amide bonds. The molecule has 0 heterocycles. The number of carbonyl (C=O) groups excluding carboxylic acids is 2. The fourth-order valence-corrected chi connectivity index (χ4v) is 4.92. The number of benzene rings is 3. The van der Waals surface area contributed by atoms with E-state index >= 15 is 0 Å². The molecule has 0 saturated carbocycles. The van der Waals surface area contributed by atoms with E-state index in [9.17, 15) is 18.0 Å². The second kappa shape index (κ2) is 10.5. The van der Waals surface area contributed by atoms with Gasteiger partial charge >= 0.3 is 0 Å². The molecule has 3 rings (SSSR count). The summed E-state index contributed by atoms with van der Waals surface area (Å²) in [5, 5.41) is 5.60. The summed E-state index contributed by atoms with van der Waals surface area (Å²) in [7, 11) is -3.72. The number of hydrogen-bond donors (Lipinski definition) is 2. The van der Waals surface area contributed by atoms with E-state index in [0.29, 0.717) is 22.6 Å². The first kappa shape index (κ1) is 26.9. The predicted molar refractivity (Wildman–Crippen MR) is 146 cm³/mol. The van der Waals surface area contributed by atoms with Crippen LogP contribution in [0.25, 0.3) is 0 Å². The third-order valence-corrected chi connectivity index (χ3v) is 7.02. The molecule has 0 aliphatic heterocycles. The molecule has 0 spiro atoms. The summed E-state index contributed by atoms with van der Waals surface area (Å²) < 4.78 is 26.1. The van der Waals surface area contributed by atoms with Gasteiger partial charge in [0.2, 0.25) is 15.9 Å². The van der Waals surface area contributed by atoms with Gasteiger partial charge in [0.05, 0.1) is 11.9 Å². The molecule has 8 heteroatoms. The maximum Gasteiger partial charge on any atom is 0.255 e. The standard InChI is InChI=1S/C28H33N3O4S/c1-19-10-16-25(17-11-19)31(36(6,34)35)20(2)26(32)29-23-8-7-9-24(18-23)30-27(33)21-12-14-22(15-13-21)28(3,4)5/h7-18,20H,1-6H3,(H,29,32)(H,30,33).